The molecule has 0 fully saturated rings. The summed E-state index contributed by atoms with van der Waals surface area (Å²) in [5, 5.41) is 19.5. The van der Waals surface area contributed by atoms with Crippen molar-refractivity contribution >= 4 is 5.69 Å². The van der Waals surface area contributed by atoms with Crippen molar-refractivity contribution in [3.05, 3.63) is 63.5 Å². The summed E-state index contributed by atoms with van der Waals surface area (Å²) >= 11 is 0. The van der Waals surface area contributed by atoms with Crippen molar-refractivity contribution in [2.24, 2.45) is 0 Å². The number of hydrogen-bond donors (Lipinski definition) is 0. The van der Waals surface area contributed by atoms with Crippen molar-refractivity contribution < 1.29 is 9.66 Å². The summed E-state index contributed by atoms with van der Waals surface area (Å²) in [5.41, 5.74) is 1.88. The Balaban J connectivity index is 2.16. The van der Waals surface area contributed by atoms with E-state index in [1.807, 2.05) is 13.0 Å². The van der Waals surface area contributed by atoms with Crippen LogP contribution in [0.5, 0.6) is 5.75 Å². The summed E-state index contributed by atoms with van der Waals surface area (Å²) in [7, 11) is 0. The van der Waals surface area contributed by atoms with Crippen LogP contribution in [0.25, 0.3) is 0 Å². The predicted molar refractivity (Wildman–Crippen MR) is 71.1 cm³/mol. The highest BCUT2D eigenvalue weighted by molar-refractivity contribution is 5.43. The van der Waals surface area contributed by atoms with Gasteiger partial charge in [-0.15, -0.1) is 0 Å². The van der Waals surface area contributed by atoms with Crippen LogP contribution in [0, 0.1) is 28.4 Å². The lowest BCUT2D eigenvalue weighted by atomic mass is 10.2. The number of hydrogen-bond acceptors (Lipinski definition) is 5. The molecule has 1 aromatic heterocycles. The Hall–Kier alpha value is -2.94. The van der Waals surface area contributed by atoms with Crippen molar-refractivity contribution in [3.8, 4) is 11.8 Å². The van der Waals surface area contributed by atoms with E-state index < -0.39 is 4.92 Å². The summed E-state index contributed by atoms with van der Waals surface area (Å²) in [6.45, 7) is 2.03. The molecule has 0 unspecified atom stereocenters. The SMILES string of the molecule is Cc1ccc([N+](=O)[O-])cc1OCc1ccnc(C#N)c1. The van der Waals surface area contributed by atoms with Crippen molar-refractivity contribution in [1.29, 1.82) is 5.26 Å². The number of nitro groups is 1. The van der Waals surface area contributed by atoms with Gasteiger partial charge in [-0.05, 0) is 36.2 Å². The van der Waals surface area contributed by atoms with E-state index in [0.29, 0.717) is 11.4 Å². The molecule has 0 aliphatic heterocycles. The van der Waals surface area contributed by atoms with Gasteiger partial charge in [-0.2, -0.15) is 5.26 Å². The monoisotopic (exact) mass is 269 g/mol. The quantitative estimate of drug-likeness (QED) is 0.628. The number of aryl methyl sites for hydroxylation is 1. The van der Waals surface area contributed by atoms with E-state index in [4.69, 9.17) is 10.00 Å². The summed E-state index contributed by atoms with van der Waals surface area (Å²) < 4.78 is 5.57. The number of pyridine rings is 1. The molecular weight excluding hydrogens is 258 g/mol. The smallest absolute Gasteiger partial charge is 0.273 e. The third-order valence-electron chi connectivity index (χ3n) is 2.72. The molecule has 0 spiro atoms. The van der Waals surface area contributed by atoms with E-state index >= 15 is 0 Å². The van der Waals surface area contributed by atoms with Crippen LogP contribution in [0.2, 0.25) is 0 Å². The number of aromatic nitrogens is 1. The predicted octanol–water partition coefficient (Wildman–Crippen LogP) is 2.75. The molecular formula is C14H11N3O3. The minimum atomic E-state index is -0.466. The van der Waals surface area contributed by atoms with Gasteiger partial charge < -0.3 is 4.74 Å². The zero-order valence-corrected chi connectivity index (χ0v) is 10.7. The highest BCUT2D eigenvalue weighted by Crippen LogP contribution is 2.24. The van der Waals surface area contributed by atoms with E-state index in [0.717, 1.165) is 11.1 Å². The number of nitrogens with zero attached hydrogens (tertiary/aromatic N) is 3. The molecule has 0 amide bonds. The third-order valence-corrected chi connectivity index (χ3v) is 2.72. The normalized spacial score (nSPS) is 9.80. The molecule has 0 radical (unpaired) electrons. The fraction of sp³-hybridized carbons (Fsp3) is 0.143. The van der Waals surface area contributed by atoms with Gasteiger partial charge in [0.2, 0.25) is 0 Å². The minimum absolute atomic E-state index is 0.0157. The number of rotatable bonds is 4. The molecule has 100 valence electrons. The Morgan fingerprint density at radius 3 is 2.90 bits per heavy atom. The van der Waals surface area contributed by atoms with Gasteiger partial charge in [-0.1, -0.05) is 0 Å². The highest BCUT2D eigenvalue weighted by Gasteiger charge is 2.09. The lowest BCUT2D eigenvalue weighted by Crippen LogP contribution is -1.99. The number of ether oxygens (including phenoxy) is 1. The zero-order valence-electron chi connectivity index (χ0n) is 10.7. The van der Waals surface area contributed by atoms with Gasteiger partial charge in [0, 0.05) is 12.3 Å². The molecule has 0 saturated carbocycles. The fourth-order valence-electron chi connectivity index (χ4n) is 1.64. The minimum Gasteiger partial charge on any atom is -0.488 e. The second kappa shape index (κ2) is 5.80. The van der Waals surface area contributed by atoms with Gasteiger partial charge in [-0.3, -0.25) is 10.1 Å². The number of nitriles is 1. The largest absolute Gasteiger partial charge is 0.488 e. The fourth-order valence-corrected chi connectivity index (χ4v) is 1.64. The van der Waals surface area contributed by atoms with E-state index in [2.05, 4.69) is 4.98 Å². The zero-order chi connectivity index (χ0) is 14.5. The Bertz CT molecular complexity index is 692. The van der Waals surface area contributed by atoms with Crippen LogP contribution in [0.4, 0.5) is 5.69 Å². The molecule has 20 heavy (non-hydrogen) atoms. The average molecular weight is 269 g/mol. The molecule has 6 heteroatoms. The van der Waals surface area contributed by atoms with Crippen LogP contribution < -0.4 is 4.74 Å². The first-order chi connectivity index (χ1) is 9.60. The second-order valence-electron chi connectivity index (χ2n) is 4.16. The molecule has 0 N–H and O–H groups in total. The topological polar surface area (TPSA) is 89.1 Å². The van der Waals surface area contributed by atoms with Crippen molar-refractivity contribution in [2.45, 2.75) is 13.5 Å². The summed E-state index contributed by atoms with van der Waals surface area (Å²) in [5.74, 6) is 0.453. The van der Waals surface area contributed by atoms with Gasteiger partial charge >= 0.3 is 0 Å². The first-order valence-electron chi connectivity index (χ1n) is 5.83. The van der Waals surface area contributed by atoms with Crippen molar-refractivity contribution in [3.63, 3.8) is 0 Å². The molecule has 0 aliphatic carbocycles. The van der Waals surface area contributed by atoms with Crippen LogP contribution in [0.15, 0.2) is 36.5 Å². The Kier molecular flexibility index (Phi) is 3.91. The number of non-ortho nitro benzene ring substituents is 1. The summed E-state index contributed by atoms with van der Waals surface area (Å²) in [6.07, 6.45) is 1.53. The maximum absolute atomic E-state index is 10.7. The highest BCUT2D eigenvalue weighted by atomic mass is 16.6. The first kappa shape index (κ1) is 13.5. The molecule has 0 bridgehead atoms. The molecule has 6 nitrogen and oxygen atoms in total. The second-order valence-corrected chi connectivity index (χ2v) is 4.16. The van der Waals surface area contributed by atoms with Crippen molar-refractivity contribution in [2.75, 3.05) is 0 Å². The van der Waals surface area contributed by atoms with E-state index in [-0.39, 0.29) is 12.3 Å². The van der Waals surface area contributed by atoms with Gasteiger partial charge in [-0.25, -0.2) is 4.98 Å². The van der Waals surface area contributed by atoms with Crippen LogP contribution in [-0.2, 0) is 6.61 Å². The molecule has 1 aromatic carbocycles. The van der Waals surface area contributed by atoms with E-state index in [1.54, 1.807) is 18.2 Å². The van der Waals surface area contributed by atoms with E-state index in [9.17, 15) is 10.1 Å². The van der Waals surface area contributed by atoms with Gasteiger partial charge in [0.05, 0.1) is 11.0 Å². The number of nitro benzene ring substituents is 1. The Labute approximate surface area is 115 Å². The molecule has 2 rings (SSSR count). The van der Waals surface area contributed by atoms with Gasteiger partial charge in [0.15, 0.2) is 0 Å². The Morgan fingerprint density at radius 2 is 2.20 bits per heavy atom. The standard InChI is InChI=1S/C14H11N3O3/c1-10-2-3-13(17(18)19)7-14(10)20-9-11-4-5-16-12(6-11)8-15/h2-7H,9H2,1H3. The molecule has 2 aromatic rings. The van der Waals surface area contributed by atoms with Gasteiger partial charge in [0.1, 0.15) is 24.1 Å². The molecule has 0 atom stereocenters. The average Bonchev–Trinajstić information content (AvgIpc) is 2.46. The molecule has 0 aliphatic rings. The van der Waals surface area contributed by atoms with Crippen LogP contribution >= 0.6 is 0 Å². The lowest BCUT2D eigenvalue weighted by Gasteiger charge is -2.09. The van der Waals surface area contributed by atoms with E-state index in [1.165, 1.54) is 18.3 Å². The van der Waals surface area contributed by atoms with Gasteiger partial charge in [0.25, 0.3) is 5.69 Å². The summed E-state index contributed by atoms with van der Waals surface area (Å²) in [6, 6.07) is 9.76. The Morgan fingerprint density at radius 1 is 1.40 bits per heavy atom. The lowest BCUT2D eigenvalue weighted by molar-refractivity contribution is -0.385. The first-order valence-corrected chi connectivity index (χ1v) is 5.83. The maximum atomic E-state index is 10.7. The molecule has 0 saturated heterocycles. The number of benzene rings is 1. The van der Waals surface area contributed by atoms with Crippen LogP contribution in [-0.4, -0.2) is 9.91 Å². The van der Waals surface area contributed by atoms with Crippen LogP contribution in [0.1, 0.15) is 16.8 Å². The van der Waals surface area contributed by atoms with Crippen molar-refractivity contribution in [1.82, 2.24) is 4.98 Å². The maximum Gasteiger partial charge on any atom is 0.273 e. The summed E-state index contributed by atoms with van der Waals surface area (Å²) in [4.78, 5) is 14.1. The molecule has 1 heterocycles. The third kappa shape index (κ3) is 3.09. The van der Waals surface area contributed by atoms with Crippen LogP contribution in [0.3, 0.4) is 0 Å².